The lowest BCUT2D eigenvalue weighted by Crippen LogP contribution is -2.35. The van der Waals surface area contributed by atoms with Gasteiger partial charge in [0.1, 0.15) is 4.34 Å². The van der Waals surface area contributed by atoms with E-state index in [2.05, 4.69) is 43.6 Å². The predicted molar refractivity (Wildman–Crippen MR) is 124 cm³/mol. The van der Waals surface area contributed by atoms with Gasteiger partial charge in [0.15, 0.2) is 5.82 Å². The van der Waals surface area contributed by atoms with Crippen molar-refractivity contribution in [2.75, 3.05) is 16.8 Å². The van der Waals surface area contributed by atoms with Gasteiger partial charge in [0, 0.05) is 24.3 Å². The van der Waals surface area contributed by atoms with E-state index in [0.717, 1.165) is 28.7 Å². The number of aromatic nitrogens is 5. The van der Waals surface area contributed by atoms with Crippen LogP contribution in [0.3, 0.4) is 0 Å². The van der Waals surface area contributed by atoms with Crippen LogP contribution < -0.4 is 10.2 Å². The molecule has 0 radical (unpaired) electrons. The van der Waals surface area contributed by atoms with Gasteiger partial charge < -0.3 is 10.4 Å². The number of thiol groups is 1. The van der Waals surface area contributed by atoms with Crippen LogP contribution in [0, 0.1) is 0 Å². The van der Waals surface area contributed by atoms with Crippen LogP contribution in [-0.2, 0) is 6.42 Å². The Labute approximate surface area is 192 Å². The molecule has 0 aliphatic carbocycles. The number of benzene rings is 2. The number of nitrogens with zero attached hydrogens (tertiary/aromatic N) is 5. The molecule has 0 bridgehead atoms. The first-order valence-electron chi connectivity index (χ1n) is 9.73. The number of carbonyl (C=O) groups is 2. The van der Waals surface area contributed by atoms with Crippen LogP contribution in [0.2, 0.25) is 0 Å². The van der Waals surface area contributed by atoms with E-state index in [1.54, 1.807) is 17.0 Å². The van der Waals surface area contributed by atoms with E-state index < -0.39 is 5.97 Å². The molecule has 3 N–H and O–H groups in total. The summed E-state index contributed by atoms with van der Waals surface area (Å²) in [6, 6.07) is 11.3. The number of nitrogens with one attached hydrogen (secondary N) is 2. The zero-order valence-electron chi connectivity index (χ0n) is 16.7. The molecule has 0 saturated heterocycles. The summed E-state index contributed by atoms with van der Waals surface area (Å²) in [6.45, 7) is 0.467. The number of urea groups is 1. The average molecular weight is 470 g/mol. The normalized spacial score (nSPS) is 10.9. The number of unbranched alkanes of at least 4 members (excludes halogenated alkanes) is 1. The number of aryl methyl sites for hydroxylation is 1. The third-order valence-corrected chi connectivity index (χ3v) is 5.92. The number of aromatic carboxylic acids is 1. The van der Waals surface area contributed by atoms with E-state index in [0.29, 0.717) is 28.8 Å². The minimum absolute atomic E-state index is 0.152. The first-order chi connectivity index (χ1) is 15.5. The van der Waals surface area contributed by atoms with Crippen LogP contribution in [-0.4, -0.2) is 49.3 Å². The van der Waals surface area contributed by atoms with Crippen molar-refractivity contribution in [3.63, 3.8) is 0 Å². The van der Waals surface area contributed by atoms with Crippen LogP contribution in [0.5, 0.6) is 0 Å². The first kappa shape index (κ1) is 21.7. The van der Waals surface area contributed by atoms with E-state index >= 15 is 0 Å². The average Bonchev–Trinajstić information content (AvgIpc) is 3.42. The maximum Gasteiger partial charge on any atom is 0.335 e. The van der Waals surface area contributed by atoms with Crippen molar-refractivity contribution >= 4 is 57.6 Å². The molecule has 0 unspecified atom stereocenters. The molecule has 0 saturated carbocycles. The standard InChI is InChI=1S/C20H19N7O3S2/c28-18(29)12-4-6-13(7-5-12)21-19(30)27(10-2-1-3-17-23-25-26-24-17)14-8-9-15-16(11-14)32-20(31)22-15/h4-9,11H,1-3,10H2,(H,21,30)(H,22,31)(H,28,29)(H,23,24,25,26). The number of hydrogen-bond donors (Lipinski definition) is 4. The lowest BCUT2D eigenvalue weighted by Gasteiger charge is -2.23. The van der Waals surface area contributed by atoms with Gasteiger partial charge >= 0.3 is 12.0 Å². The summed E-state index contributed by atoms with van der Waals surface area (Å²) in [4.78, 5) is 30.2. The number of tetrazole rings is 1. The first-order valence-corrected chi connectivity index (χ1v) is 11.0. The highest BCUT2D eigenvalue weighted by Gasteiger charge is 2.17. The molecule has 0 atom stereocenters. The maximum absolute atomic E-state index is 13.1. The van der Waals surface area contributed by atoms with E-state index in [1.807, 2.05) is 18.2 Å². The van der Waals surface area contributed by atoms with Crippen molar-refractivity contribution in [1.29, 1.82) is 0 Å². The second-order valence-corrected chi connectivity index (χ2v) is 8.65. The van der Waals surface area contributed by atoms with Gasteiger partial charge in [0.2, 0.25) is 0 Å². The van der Waals surface area contributed by atoms with E-state index in [-0.39, 0.29) is 11.6 Å². The number of H-pyrrole nitrogens is 1. The van der Waals surface area contributed by atoms with Gasteiger partial charge in [0.05, 0.1) is 15.8 Å². The zero-order chi connectivity index (χ0) is 22.5. The van der Waals surface area contributed by atoms with Gasteiger partial charge in [-0.3, -0.25) is 4.90 Å². The van der Waals surface area contributed by atoms with Gasteiger partial charge in [-0.1, -0.05) is 5.21 Å². The van der Waals surface area contributed by atoms with Gasteiger partial charge in [0.25, 0.3) is 0 Å². The highest BCUT2D eigenvalue weighted by Crippen LogP contribution is 2.29. The second-order valence-electron chi connectivity index (χ2n) is 6.90. The fourth-order valence-corrected chi connectivity index (χ4v) is 4.29. The van der Waals surface area contributed by atoms with E-state index in [1.165, 1.54) is 23.5 Å². The number of fused-ring (bicyclic) bond motifs is 1. The molecule has 4 rings (SSSR count). The van der Waals surface area contributed by atoms with Crippen LogP contribution in [0.25, 0.3) is 10.2 Å². The summed E-state index contributed by atoms with van der Waals surface area (Å²) in [5.41, 5.74) is 2.21. The molecular formula is C20H19N7O3S2. The SMILES string of the molecule is O=C(O)c1ccc(NC(=O)N(CCCCc2nn[nH]n2)c2ccc3nc(S)sc3c2)cc1. The monoisotopic (exact) mass is 469 g/mol. The number of anilines is 2. The van der Waals surface area contributed by atoms with Gasteiger partial charge in [-0.25, -0.2) is 14.6 Å². The molecule has 32 heavy (non-hydrogen) atoms. The molecule has 0 aliphatic heterocycles. The Bertz CT molecular complexity index is 1230. The summed E-state index contributed by atoms with van der Waals surface area (Å²) >= 11 is 5.75. The topological polar surface area (TPSA) is 137 Å². The Morgan fingerprint density at radius 1 is 1.16 bits per heavy atom. The Morgan fingerprint density at radius 2 is 1.97 bits per heavy atom. The summed E-state index contributed by atoms with van der Waals surface area (Å²) in [5.74, 6) is -0.389. The number of aromatic amines is 1. The highest BCUT2D eigenvalue weighted by molar-refractivity contribution is 7.82. The second kappa shape index (κ2) is 9.75. The van der Waals surface area contributed by atoms with Crippen molar-refractivity contribution in [1.82, 2.24) is 25.6 Å². The van der Waals surface area contributed by atoms with Crippen LogP contribution in [0.15, 0.2) is 46.8 Å². The largest absolute Gasteiger partial charge is 0.478 e. The highest BCUT2D eigenvalue weighted by atomic mass is 32.2. The lowest BCUT2D eigenvalue weighted by molar-refractivity contribution is 0.0697. The lowest BCUT2D eigenvalue weighted by atomic mass is 10.2. The van der Waals surface area contributed by atoms with E-state index in [9.17, 15) is 9.59 Å². The van der Waals surface area contributed by atoms with Crippen molar-refractivity contribution in [2.24, 2.45) is 0 Å². The van der Waals surface area contributed by atoms with Crippen molar-refractivity contribution in [3.05, 3.63) is 53.9 Å². The number of rotatable bonds is 8. The summed E-state index contributed by atoms with van der Waals surface area (Å²) in [5, 5.41) is 25.8. The number of hydrogen-bond acceptors (Lipinski definition) is 8. The van der Waals surface area contributed by atoms with Gasteiger partial charge in [-0.05, 0) is 55.3 Å². The molecule has 0 spiro atoms. The van der Waals surface area contributed by atoms with Crippen molar-refractivity contribution in [3.8, 4) is 0 Å². The van der Waals surface area contributed by atoms with Crippen molar-refractivity contribution < 1.29 is 14.7 Å². The Kier molecular flexibility index (Phi) is 6.61. The minimum Gasteiger partial charge on any atom is -0.478 e. The molecule has 2 amide bonds. The number of thiazole rings is 1. The van der Waals surface area contributed by atoms with E-state index in [4.69, 9.17) is 5.11 Å². The Hall–Kier alpha value is -3.51. The van der Waals surface area contributed by atoms with Crippen LogP contribution in [0.1, 0.15) is 29.0 Å². The maximum atomic E-state index is 13.1. The molecule has 0 fully saturated rings. The quantitative estimate of drug-likeness (QED) is 0.227. The smallest absolute Gasteiger partial charge is 0.335 e. The number of carbonyl (C=O) groups excluding carboxylic acids is 1. The zero-order valence-corrected chi connectivity index (χ0v) is 18.4. The molecule has 10 nitrogen and oxygen atoms in total. The molecule has 0 aliphatic rings. The summed E-state index contributed by atoms with van der Waals surface area (Å²) in [6.07, 6.45) is 2.15. The molecule has 4 aromatic rings. The molecule has 12 heteroatoms. The Balaban J connectivity index is 1.50. The van der Waals surface area contributed by atoms with Crippen LogP contribution in [0.4, 0.5) is 16.2 Å². The van der Waals surface area contributed by atoms with Gasteiger partial charge in [-0.15, -0.1) is 34.2 Å². The number of amides is 2. The van der Waals surface area contributed by atoms with Crippen LogP contribution >= 0.6 is 24.0 Å². The summed E-state index contributed by atoms with van der Waals surface area (Å²) < 4.78 is 1.59. The third-order valence-electron chi connectivity index (χ3n) is 4.72. The van der Waals surface area contributed by atoms with Crippen molar-refractivity contribution in [2.45, 2.75) is 23.6 Å². The molecule has 164 valence electrons. The minimum atomic E-state index is -1.02. The summed E-state index contributed by atoms with van der Waals surface area (Å²) in [7, 11) is 0. The fourth-order valence-electron chi connectivity index (χ4n) is 3.15. The Morgan fingerprint density at radius 3 is 2.69 bits per heavy atom. The fraction of sp³-hybridized carbons (Fsp3) is 0.200. The number of carboxylic acid groups (broad SMARTS) is 1. The molecule has 2 aromatic carbocycles. The third kappa shape index (κ3) is 5.21. The predicted octanol–water partition coefficient (Wildman–Crippen LogP) is 3.86. The molecular weight excluding hydrogens is 450 g/mol. The molecule has 2 heterocycles. The van der Waals surface area contributed by atoms with Gasteiger partial charge in [-0.2, -0.15) is 5.21 Å². The number of carboxylic acids is 1. The molecule has 2 aromatic heterocycles.